The zero-order valence-electron chi connectivity index (χ0n) is 55.2. The lowest BCUT2D eigenvalue weighted by Gasteiger charge is -2.21. The number of ether oxygens (including phenoxy) is 4. The summed E-state index contributed by atoms with van der Waals surface area (Å²) < 4.78 is 68.1. The summed E-state index contributed by atoms with van der Waals surface area (Å²) in [4.78, 5) is 72.3. The lowest BCUT2D eigenvalue weighted by Crippen LogP contribution is -2.30. The summed E-state index contributed by atoms with van der Waals surface area (Å²) in [6, 6.07) is 0. The molecule has 4 unspecified atom stereocenters. The van der Waals surface area contributed by atoms with Gasteiger partial charge in [-0.15, -0.1) is 0 Å². The normalized spacial score (nSPS) is 14.7. The SMILES string of the molecule is CCC(C)CCCCCCCCCCC(=O)O[C@H](COC(=O)CCCCCCCCCCCCC(C)C)COP(=O)(O)OCC(O)COP(=O)(O)OC[C@@H](COC(=O)CCCCCCCCCC(C)C)OC(=O)CCCCCCCCCC(C)C. The molecule has 6 atom stereocenters. The van der Waals surface area contributed by atoms with Gasteiger partial charge >= 0.3 is 39.5 Å². The van der Waals surface area contributed by atoms with Crippen molar-refractivity contribution in [2.45, 2.75) is 337 Å². The largest absolute Gasteiger partial charge is 0.472 e. The van der Waals surface area contributed by atoms with Crippen molar-refractivity contribution < 1.29 is 80.2 Å². The number of phosphoric acid groups is 2. The van der Waals surface area contributed by atoms with Gasteiger partial charge in [0, 0.05) is 25.7 Å². The topological polar surface area (TPSA) is 237 Å². The lowest BCUT2D eigenvalue weighted by atomic mass is 9.99. The average molecular weight is 1260 g/mol. The summed E-state index contributed by atoms with van der Waals surface area (Å²) in [5.41, 5.74) is 0. The van der Waals surface area contributed by atoms with Crippen molar-refractivity contribution in [2.75, 3.05) is 39.6 Å². The summed E-state index contributed by atoms with van der Waals surface area (Å²) in [5, 5.41) is 10.5. The zero-order valence-corrected chi connectivity index (χ0v) is 57.0. The Balaban J connectivity index is 5.26. The number of phosphoric ester groups is 2. The number of esters is 4. The molecule has 0 bridgehead atoms. The molecule has 0 amide bonds. The summed E-state index contributed by atoms with van der Waals surface area (Å²) in [7, 11) is -9.89. The van der Waals surface area contributed by atoms with Gasteiger partial charge in [0.1, 0.15) is 19.3 Å². The molecule has 19 heteroatoms. The highest BCUT2D eigenvalue weighted by Gasteiger charge is 2.30. The fraction of sp³-hybridized carbons (Fsp3) is 0.939. The number of carbonyl (C=O) groups excluding carboxylic acids is 4. The van der Waals surface area contributed by atoms with Gasteiger partial charge in [0.2, 0.25) is 0 Å². The molecule has 85 heavy (non-hydrogen) atoms. The number of carbonyl (C=O) groups is 4. The first kappa shape index (κ1) is 83.1. The third kappa shape index (κ3) is 59.5. The number of aliphatic hydroxyl groups excluding tert-OH is 1. The minimum Gasteiger partial charge on any atom is -0.462 e. The van der Waals surface area contributed by atoms with Crippen LogP contribution in [0.1, 0.15) is 319 Å². The van der Waals surface area contributed by atoms with Gasteiger partial charge in [-0.3, -0.25) is 37.3 Å². The Kier molecular flexibility index (Phi) is 54.8. The van der Waals surface area contributed by atoms with E-state index in [9.17, 15) is 43.2 Å². The van der Waals surface area contributed by atoms with Crippen molar-refractivity contribution in [3.05, 3.63) is 0 Å². The predicted molar refractivity (Wildman–Crippen MR) is 340 cm³/mol. The Bertz CT molecular complexity index is 1700. The molecule has 0 fully saturated rings. The van der Waals surface area contributed by atoms with E-state index in [4.69, 9.17) is 37.0 Å². The van der Waals surface area contributed by atoms with E-state index in [2.05, 4.69) is 55.4 Å². The maximum atomic E-state index is 13.0. The van der Waals surface area contributed by atoms with Crippen molar-refractivity contribution in [2.24, 2.45) is 23.7 Å². The molecule has 0 saturated heterocycles. The average Bonchev–Trinajstić information content (AvgIpc) is 3.51. The van der Waals surface area contributed by atoms with Gasteiger partial charge in [-0.2, -0.15) is 0 Å². The predicted octanol–water partition coefficient (Wildman–Crippen LogP) is 18.1. The van der Waals surface area contributed by atoms with E-state index >= 15 is 0 Å². The quantitative estimate of drug-likeness (QED) is 0.0222. The second kappa shape index (κ2) is 56.1. The summed E-state index contributed by atoms with van der Waals surface area (Å²) in [6.07, 6.45) is 36.3. The second-order valence-corrected chi connectivity index (χ2v) is 28.4. The van der Waals surface area contributed by atoms with Crippen LogP contribution in [-0.4, -0.2) is 96.7 Å². The number of rotatable bonds is 63. The molecule has 0 spiro atoms. The minimum absolute atomic E-state index is 0.102. The van der Waals surface area contributed by atoms with Gasteiger partial charge in [0.25, 0.3) is 0 Å². The van der Waals surface area contributed by atoms with E-state index in [1.165, 1.54) is 116 Å². The monoisotopic (exact) mass is 1250 g/mol. The van der Waals surface area contributed by atoms with Crippen molar-refractivity contribution in [3.63, 3.8) is 0 Å². The van der Waals surface area contributed by atoms with Crippen LogP contribution in [0.15, 0.2) is 0 Å². The first-order valence-corrected chi connectivity index (χ1v) is 37.2. The van der Waals surface area contributed by atoms with Crippen LogP contribution >= 0.6 is 15.6 Å². The third-order valence-electron chi connectivity index (χ3n) is 15.4. The molecule has 3 N–H and O–H groups in total. The van der Waals surface area contributed by atoms with Crippen molar-refractivity contribution >= 4 is 39.5 Å². The number of unbranched alkanes of at least 4 members (excludes halogenated alkanes) is 28. The molecule has 504 valence electrons. The molecule has 0 aromatic heterocycles. The Hall–Kier alpha value is -1.94. The molecular weight excluding hydrogens is 1130 g/mol. The smallest absolute Gasteiger partial charge is 0.462 e. The van der Waals surface area contributed by atoms with E-state index in [0.29, 0.717) is 37.5 Å². The number of aliphatic hydroxyl groups is 1. The highest BCUT2D eigenvalue weighted by molar-refractivity contribution is 7.47. The van der Waals surface area contributed by atoms with Crippen LogP contribution in [0.4, 0.5) is 0 Å². The van der Waals surface area contributed by atoms with Gasteiger partial charge in [-0.05, 0) is 49.4 Å². The van der Waals surface area contributed by atoms with Crippen LogP contribution in [0.3, 0.4) is 0 Å². The van der Waals surface area contributed by atoms with Gasteiger partial charge in [-0.1, -0.05) is 267 Å². The molecule has 0 saturated carbocycles. The second-order valence-electron chi connectivity index (χ2n) is 25.5. The standard InChI is InChI=1S/C66H128O17P2/c1-9-59(8)45-37-29-21-14-15-23-32-40-48-65(70)82-61(52-76-63(68)46-38-30-22-13-11-10-12-18-26-34-42-56(2)3)54-80-84(72,73)78-50-60(67)51-79-85(74,75)81-55-62(83-66(71)49-41-33-25-17-20-28-36-44-58(6)7)53-77-64(69)47-39-31-24-16-19-27-35-43-57(4)5/h56-62,67H,9-55H2,1-8H3,(H,72,73)(H,74,75)/t59?,60?,61-,62-/m1/s1. The lowest BCUT2D eigenvalue weighted by molar-refractivity contribution is -0.161. The van der Waals surface area contributed by atoms with Crippen LogP contribution in [0.25, 0.3) is 0 Å². The Morgan fingerprint density at radius 1 is 0.329 bits per heavy atom. The maximum absolute atomic E-state index is 13.0. The van der Waals surface area contributed by atoms with Crippen molar-refractivity contribution in [1.29, 1.82) is 0 Å². The zero-order chi connectivity index (χ0) is 63.2. The van der Waals surface area contributed by atoms with E-state index < -0.39 is 97.5 Å². The molecule has 0 rings (SSSR count). The molecule has 0 radical (unpaired) electrons. The molecule has 0 heterocycles. The van der Waals surface area contributed by atoms with Crippen molar-refractivity contribution in [1.82, 2.24) is 0 Å². The Labute approximate surface area is 517 Å². The Morgan fingerprint density at radius 3 is 0.835 bits per heavy atom. The summed E-state index contributed by atoms with van der Waals surface area (Å²) >= 11 is 0. The van der Waals surface area contributed by atoms with Crippen LogP contribution in [0, 0.1) is 23.7 Å². The summed E-state index contributed by atoms with van der Waals surface area (Å²) in [5.74, 6) is 0.790. The van der Waals surface area contributed by atoms with E-state index in [1.807, 2.05) is 0 Å². The highest BCUT2D eigenvalue weighted by atomic mass is 31.2. The van der Waals surface area contributed by atoms with Crippen LogP contribution in [0.2, 0.25) is 0 Å². The van der Waals surface area contributed by atoms with Crippen molar-refractivity contribution in [3.8, 4) is 0 Å². The molecule has 0 aromatic carbocycles. The first-order chi connectivity index (χ1) is 40.6. The Morgan fingerprint density at radius 2 is 0.565 bits per heavy atom. The van der Waals surface area contributed by atoms with Gasteiger partial charge < -0.3 is 33.8 Å². The van der Waals surface area contributed by atoms with Gasteiger partial charge in [-0.25, -0.2) is 9.13 Å². The molecule has 0 aliphatic rings. The third-order valence-corrected chi connectivity index (χ3v) is 17.3. The fourth-order valence-electron chi connectivity index (χ4n) is 9.75. The van der Waals surface area contributed by atoms with Gasteiger partial charge in [0.15, 0.2) is 12.2 Å². The maximum Gasteiger partial charge on any atom is 0.472 e. The number of hydrogen-bond acceptors (Lipinski definition) is 15. The first-order valence-electron chi connectivity index (χ1n) is 34.2. The molecule has 17 nitrogen and oxygen atoms in total. The summed E-state index contributed by atoms with van der Waals surface area (Å²) in [6.45, 7) is 14.0. The highest BCUT2D eigenvalue weighted by Crippen LogP contribution is 2.45. The van der Waals surface area contributed by atoms with E-state index in [-0.39, 0.29) is 25.7 Å². The molecule has 0 aromatic rings. The van der Waals surface area contributed by atoms with Crippen LogP contribution < -0.4 is 0 Å². The number of hydrogen-bond donors (Lipinski definition) is 3. The van der Waals surface area contributed by atoms with E-state index in [1.54, 1.807) is 0 Å². The fourth-order valence-corrected chi connectivity index (χ4v) is 11.3. The van der Waals surface area contributed by atoms with E-state index in [0.717, 1.165) is 108 Å². The minimum atomic E-state index is -4.95. The molecular formula is C66H128O17P2. The van der Waals surface area contributed by atoms with Crippen LogP contribution in [-0.2, 0) is 65.4 Å². The molecule has 0 aliphatic carbocycles. The van der Waals surface area contributed by atoms with Gasteiger partial charge in [0.05, 0.1) is 26.4 Å². The van der Waals surface area contributed by atoms with Crippen LogP contribution in [0.5, 0.6) is 0 Å². The molecule has 0 aliphatic heterocycles.